The number of halogens is 1. The van der Waals surface area contributed by atoms with Crippen LogP contribution in [-0.4, -0.2) is 20.0 Å². The predicted octanol–water partition coefficient (Wildman–Crippen LogP) is 0.785. The molecule has 3 heteroatoms. The number of alkyl halides is 1. The molecule has 0 aromatic heterocycles. The zero-order chi connectivity index (χ0) is 8.97. The van der Waals surface area contributed by atoms with Crippen molar-refractivity contribution in [1.82, 2.24) is 0 Å². The lowest BCUT2D eigenvalue weighted by Crippen LogP contribution is -2.44. The SMILES string of the molecule is CC(Cl)[SiH](CN)c1ccccc1. The number of hydrogen-bond donors (Lipinski definition) is 1. The standard InChI is InChI=1S/C9H14ClNSi/c1-8(10)12(7-11)9-5-3-2-4-6-9/h2-6,8,12H,7,11H2,1H3. The second kappa shape index (κ2) is 4.65. The van der Waals surface area contributed by atoms with E-state index in [2.05, 4.69) is 12.1 Å². The van der Waals surface area contributed by atoms with Crippen LogP contribution in [0.3, 0.4) is 0 Å². The molecule has 0 aliphatic carbocycles. The van der Waals surface area contributed by atoms with Gasteiger partial charge in [-0.05, 0) is 6.17 Å². The van der Waals surface area contributed by atoms with Crippen LogP contribution in [0, 0.1) is 0 Å². The van der Waals surface area contributed by atoms with Crippen LogP contribution in [0.5, 0.6) is 0 Å². The summed E-state index contributed by atoms with van der Waals surface area (Å²) in [6.07, 6.45) is 0.745. The minimum absolute atomic E-state index is 0.234. The Morgan fingerprint density at radius 2 is 2.00 bits per heavy atom. The monoisotopic (exact) mass is 199 g/mol. The van der Waals surface area contributed by atoms with Gasteiger partial charge in [0.1, 0.15) is 8.80 Å². The fraction of sp³-hybridized carbons (Fsp3) is 0.333. The number of hydrogen-bond acceptors (Lipinski definition) is 1. The van der Waals surface area contributed by atoms with E-state index < -0.39 is 8.80 Å². The van der Waals surface area contributed by atoms with Gasteiger partial charge in [-0.25, -0.2) is 0 Å². The van der Waals surface area contributed by atoms with Gasteiger partial charge in [0.05, 0.1) is 0 Å². The second-order valence-electron chi connectivity index (χ2n) is 2.93. The lowest BCUT2D eigenvalue weighted by molar-refractivity contribution is 1.25. The average Bonchev–Trinajstić information content (AvgIpc) is 2.07. The molecule has 0 heterocycles. The van der Waals surface area contributed by atoms with E-state index in [1.807, 2.05) is 25.1 Å². The van der Waals surface area contributed by atoms with Gasteiger partial charge in [-0.2, -0.15) is 0 Å². The van der Waals surface area contributed by atoms with Gasteiger partial charge in [-0.3, -0.25) is 0 Å². The molecule has 2 unspecified atom stereocenters. The molecule has 0 saturated heterocycles. The molecule has 2 N–H and O–H groups in total. The molecule has 1 nitrogen and oxygen atoms in total. The Hall–Kier alpha value is -0.313. The van der Waals surface area contributed by atoms with E-state index in [0.29, 0.717) is 0 Å². The Morgan fingerprint density at radius 1 is 1.42 bits per heavy atom. The third-order valence-electron chi connectivity index (χ3n) is 2.04. The quantitative estimate of drug-likeness (QED) is 0.566. The normalized spacial score (nSPS) is 15.6. The van der Waals surface area contributed by atoms with Crippen LogP contribution in [0.15, 0.2) is 30.3 Å². The predicted molar refractivity (Wildman–Crippen MR) is 57.6 cm³/mol. The first-order chi connectivity index (χ1) is 5.75. The van der Waals surface area contributed by atoms with Crippen molar-refractivity contribution in [3.05, 3.63) is 30.3 Å². The van der Waals surface area contributed by atoms with E-state index in [0.717, 1.165) is 6.17 Å². The summed E-state index contributed by atoms with van der Waals surface area (Å²) in [4.78, 5) is 0. The average molecular weight is 200 g/mol. The van der Waals surface area contributed by atoms with Crippen molar-refractivity contribution in [2.75, 3.05) is 6.17 Å². The third kappa shape index (κ3) is 2.34. The molecule has 66 valence electrons. The van der Waals surface area contributed by atoms with Crippen molar-refractivity contribution in [3.8, 4) is 0 Å². The van der Waals surface area contributed by atoms with E-state index in [1.165, 1.54) is 5.19 Å². The molecule has 1 aromatic rings. The molecule has 0 amide bonds. The van der Waals surface area contributed by atoms with Gasteiger partial charge in [-0.15, -0.1) is 11.6 Å². The van der Waals surface area contributed by atoms with Crippen LogP contribution in [0.4, 0.5) is 0 Å². The van der Waals surface area contributed by atoms with Crippen LogP contribution in [0.25, 0.3) is 0 Å². The summed E-state index contributed by atoms with van der Waals surface area (Å²) >= 11 is 6.06. The van der Waals surface area contributed by atoms with Crippen LogP contribution in [0.2, 0.25) is 0 Å². The van der Waals surface area contributed by atoms with Crippen molar-refractivity contribution in [3.63, 3.8) is 0 Å². The Balaban J connectivity index is 2.80. The molecule has 0 saturated carbocycles. The van der Waals surface area contributed by atoms with E-state index in [1.54, 1.807) is 0 Å². The Labute approximate surface area is 80.1 Å². The highest BCUT2D eigenvalue weighted by molar-refractivity contribution is 6.80. The lowest BCUT2D eigenvalue weighted by Gasteiger charge is -2.15. The summed E-state index contributed by atoms with van der Waals surface area (Å²) in [5, 5.41) is 1.60. The molecule has 0 aliphatic rings. The van der Waals surface area contributed by atoms with E-state index in [-0.39, 0.29) is 5.00 Å². The molecular formula is C9H14ClNSi. The summed E-state index contributed by atoms with van der Waals surface area (Å²) in [7, 11) is -1.10. The largest absolute Gasteiger partial charge is 0.333 e. The van der Waals surface area contributed by atoms with Gasteiger partial charge >= 0.3 is 0 Å². The van der Waals surface area contributed by atoms with Gasteiger partial charge in [0.15, 0.2) is 0 Å². The first-order valence-corrected chi connectivity index (χ1v) is 6.64. The van der Waals surface area contributed by atoms with Crippen LogP contribution < -0.4 is 10.9 Å². The maximum Gasteiger partial charge on any atom is 0.104 e. The maximum atomic E-state index is 6.06. The van der Waals surface area contributed by atoms with Crippen molar-refractivity contribution >= 4 is 25.6 Å². The highest BCUT2D eigenvalue weighted by Gasteiger charge is 2.16. The molecule has 0 radical (unpaired) electrons. The number of benzene rings is 1. The van der Waals surface area contributed by atoms with Gasteiger partial charge in [0, 0.05) is 5.00 Å². The lowest BCUT2D eigenvalue weighted by atomic mass is 10.4. The fourth-order valence-corrected chi connectivity index (χ4v) is 3.93. The van der Waals surface area contributed by atoms with Crippen molar-refractivity contribution in [2.24, 2.45) is 5.73 Å². The number of nitrogens with two attached hydrogens (primary N) is 1. The van der Waals surface area contributed by atoms with Gasteiger partial charge in [0.25, 0.3) is 0 Å². The molecule has 0 bridgehead atoms. The summed E-state index contributed by atoms with van der Waals surface area (Å²) in [5.74, 6) is 0. The van der Waals surface area contributed by atoms with Crippen molar-refractivity contribution in [1.29, 1.82) is 0 Å². The third-order valence-corrected chi connectivity index (χ3v) is 5.81. The zero-order valence-corrected chi connectivity index (χ0v) is 9.11. The fourth-order valence-electron chi connectivity index (χ4n) is 1.29. The topological polar surface area (TPSA) is 26.0 Å². The van der Waals surface area contributed by atoms with E-state index in [4.69, 9.17) is 17.3 Å². The highest BCUT2D eigenvalue weighted by Crippen LogP contribution is 1.99. The summed E-state index contributed by atoms with van der Waals surface area (Å²) < 4.78 is 0. The van der Waals surface area contributed by atoms with Crippen molar-refractivity contribution < 1.29 is 0 Å². The molecule has 1 aromatic carbocycles. The summed E-state index contributed by atoms with van der Waals surface area (Å²) in [6.45, 7) is 2.04. The molecule has 2 atom stereocenters. The molecule has 12 heavy (non-hydrogen) atoms. The Kier molecular flexibility index (Phi) is 3.79. The molecule has 0 fully saturated rings. The summed E-state index contributed by atoms with van der Waals surface area (Å²) in [6, 6.07) is 10.4. The Bertz CT molecular complexity index is 225. The van der Waals surface area contributed by atoms with Crippen LogP contribution in [-0.2, 0) is 0 Å². The first kappa shape index (κ1) is 9.77. The smallest absolute Gasteiger partial charge is 0.104 e. The van der Waals surface area contributed by atoms with Gasteiger partial charge < -0.3 is 5.73 Å². The van der Waals surface area contributed by atoms with Gasteiger partial charge in [-0.1, -0.05) is 42.4 Å². The van der Waals surface area contributed by atoms with Crippen LogP contribution in [0.1, 0.15) is 6.92 Å². The zero-order valence-electron chi connectivity index (χ0n) is 7.20. The van der Waals surface area contributed by atoms with E-state index >= 15 is 0 Å². The molecular weight excluding hydrogens is 186 g/mol. The van der Waals surface area contributed by atoms with Crippen LogP contribution >= 0.6 is 11.6 Å². The second-order valence-corrected chi connectivity index (χ2v) is 7.39. The minimum Gasteiger partial charge on any atom is -0.333 e. The summed E-state index contributed by atoms with van der Waals surface area (Å²) in [5.41, 5.74) is 5.68. The number of rotatable bonds is 3. The molecule has 1 rings (SSSR count). The first-order valence-electron chi connectivity index (χ1n) is 4.14. The molecule has 0 aliphatic heterocycles. The van der Waals surface area contributed by atoms with Crippen molar-refractivity contribution in [2.45, 2.75) is 11.9 Å². The minimum atomic E-state index is -1.10. The highest BCUT2D eigenvalue weighted by atomic mass is 35.5. The van der Waals surface area contributed by atoms with Gasteiger partial charge in [0.2, 0.25) is 0 Å². The van der Waals surface area contributed by atoms with E-state index in [9.17, 15) is 0 Å². The molecule has 0 spiro atoms. The Morgan fingerprint density at radius 3 is 2.42 bits per heavy atom. The maximum absolute atomic E-state index is 6.06.